The molecule has 15 aromatic rings. The van der Waals surface area contributed by atoms with Gasteiger partial charge in [-0.25, -0.2) is 4.98 Å². The molecule has 7 nitrogen and oxygen atoms in total. The van der Waals surface area contributed by atoms with Gasteiger partial charge in [-0.2, -0.15) is 18.2 Å². The van der Waals surface area contributed by atoms with E-state index in [0.29, 0.717) is 11.5 Å². The Kier molecular flexibility index (Phi) is 11.2. The van der Waals surface area contributed by atoms with Gasteiger partial charge in [-0.1, -0.05) is 160 Å². The number of hydrogen-bond acceptors (Lipinski definition) is 2. The van der Waals surface area contributed by atoms with Crippen LogP contribution in [0, 0.1) is 18.5 Å². The first-order valence-electron chi connectivity index (χ1n) is 26.1. The summed E-state index contributed by atoms with van der Waals surface area (Å²) in [5.74, 6) is 1.95. The fraction of sp³-hybridized carbons (Fsp3) is 0.0571. The van der Waals surface area contributed by atoms with Gasteiger partial charge in [-0.15, -0.1) is 29.7 Å². The van der Waals surface area contributed by atoms with Gasteiger partial charge in [0.05, 0.1) is 38.8 Å². The van der Waals surface area contributed by atoms with E-state index in [-0.39, 0.29) is 26.5 Å². The van der Waals surface area contributed by atoms with Crippen LogP contribution in [0.4, 0.5) is 0 Å². The molecule has 5 aromatic heterocycles. The third-order valence-corrected chi connectivity index (χ3v) is 15.2. The van der Waals surface area contributed by atoms with Crippen LogP contribution in [0.15, 0.2) is 237 Å². The molecule has 15 rings (SSSR count). The van der Waals surface area contributed by atoms with Crippen molar-refractivity contribution in [1.82, 2.24) is 23.3 Å². The molecule has 0 radical (unpaired) electrons. The zero-order chi connectivity index (χ0) is 51.4. The summed E-state index contributed by atoms with van der Waals surface area (Å²) in [5, 5.41) is 6.96. The van der Waals surface area contributed by atoms with Crippen LogP contribution in [0.1, 0.15) is 26.3 Å². The van der Waals surface area contributed by atoms with Crippen molar-refractivity contribution >= 4 is 76.5 Å². The number of aromatic nitrogens is 6. The maximum absolute atomic E-state index is 6.81. The SMILES string of the molecule is CC(C)(C)c1ccnc(-n2c3[c-]c(Oc4[c-]c(-n5[c-][n+](-c6cccc7c8ccccc8n(-c8ccccc8)c67)c6ccccc65)ccc4)ccc3c3cc(-c4cccc5c4c4ccccc4n5-c4ccccc4)ccc32)c1.[Pt]. The fourth-order valence-corrected chi connectivity index (χ4v) is 11.7. The van der Waals surface area contributed by atoms with Gasteiger partial charge in [-0.05, 0) is 99.9 Å². The van der Waals surface area contributed by atoms with Crippen molar-refractivity contribution in [1.29, 1.82) is 0 Å². The van der Waals surface area contributed by atoms with Crippen molar-refractivity contribution in [3.63, 3.8) is 0 Å². The van der Waals surface area contributed by atoms with Gasteiger partial charge in [0.25, 0.3) is 6.33 Å². The topological polar surface area (TPSA) is 45.7 Å². The molecular formula is C70H48N6OPt-2. The van der Waals surface area contributed by atoms with E-state index in [9.17, 15) is 0 Å². The predicted octanol–water partition coefficient (Wildman–Crippen LogP) is 16.7. The minimum atomic E-state index is -0.0860. The predicted molar refractivity (Wildman–Crippen MR) is 313 cm³/mol. The molecule has 78 heavy (non-hydrogen) atoms. The first-order chi connectivity index (χ1) is 37.8. The molecule has 0 bridgehead atoms. The average molecular weight is 1180 g/mol. The first-order valence-corrected chi connectivity index (χ1v) is 26.1. The van der Waals surface area contributed by atoms with Crippen LogP contribution in [0.2, 0.25) is 0 Å². The summed E-state index contributed by atoms with van der Waals surface area (Å²) in [6.45, 7) is 6.72. The summed E-state index contributed by atoms with van der Waals surface area (Å²) >= 11 is 0. The second kappa shape index (κ2) is 18.5. The molecule has 0 amide bonds. The number of hydrogen-bond donors (Lipinski definition) is 0. The second-order valence-corrected chi connectivity index (χ2v) is 20.8. The molecule has 0 aliphatic rings. The Morgan fingerprint density at radius 3 is 1.91 bits per heavy atom. The van der Waals surface area contributed by atoms with Crippen molar-refractivity contribution < 1.29 is 30.4 Å². The van der Waals surface area contributed by atoms with E-state index in [1.807, 2.05) is 24.4 Å². The molecule has 0 spiro atoms. The molecule has 376 valence electrons. The summed E-state index contributed by atoms with van der Waals surface area (Å²) < 4.78 is 18.0. The van der Waals surface area contributed by atoms with Gasteiger partial charge in [0.2, 0.25) is 0 Å². The normalized spacial score (nSPS) is 11.9. The zero-order valence-corrected chi connectivity index (χ0v) is 45.2. The standard InChI is InChI=1S/C70H48N6O.Pt/c1-70(2,3)47-39-40-71-67(42-47)76-61-38-35-46(53-27-17-33-64-68(53)57-26-11-13-30-60(57)74(64)48-19-6-4-7-20-48)41-58(61)55-37-36-52(44-66(55)76)77-51-24-16-23-50(43-51)72-45-73(63-32-15-14-31-62(63)72)65-34-18-28-56-54-25-10-12-29-59(54)75(69(56)65)49-21-8-5-9-22-49;/h4-42H,1-3H3;/q-2;. The number of pyridine rings is 1. The number of para-hydroxylation sites is 7. The molecule has 5 heterocycles. The number of rotatable bonds is 8. The molecule has 0 atom stereocenters. The largest absolute Gasteiger partial charge is 0.510 e. The fourth-order valence-electron chi connectivity index (χ4n) is 11.7. The van der Waals surface area contributed by atoms with Crippen LogP contribution >= 0.6 is 0 Å². The van der Waals surface area contributed by atoms with E-state index >= 15 is 0 Å². The number of ether oxygens (including phenoxy) is 1. The molecule has 0 saturated heterocycles. The zero-order valence-electron chi connectivity index (χ0n) is 42.9. The van der Waals surface area contributed by atoms with Crippen LogP contribution in [-0.4, -0.2) is 23.3 Å². The van der Waals surface area contributed by atoms with Crippen molar-refractivity contribution in [3.05, 3.63) is 261 Å². The number of imidazole rings is 1. The van der Waals surface area contributed by atoms with E-state index in [0.717, 1.165) is 78.0 Å². The Balaban J connectivity index is 0.00000552. The number of benzene rings is 10. The maximum Gasteiger partial charge on any atom is 0.268 e. The van der Waals surface area contributed by atoms with E-state index in [2.05, 4.69) is 274 Å². The Labute approximate surface area is 465 Å². The average Bonchev–Trinajstić information content (AvgIpc) is 4.22. The van der Waals surface area contributed by atoms with Crippen molar-refractivity contribution in [2.24, 2.45) is 0 Å². The number of fused-ring (bicyclic) bond motifs is 10. The van der Waals surface area contributed by atoms with E-state index < -0.39 is 0 Å². The Morgan fingerprint density at radius 1 is 0.474 bits per heavy atom. The van der Waals surface area contributed by atoms with Crippen molar-refractivity contribution in [2.75, 3.05) is 0 Å². The Morgan fingerprint density at radius 2 is 1.12 bits per heavy atom. The molecule has 0 aliphatic carbocycles. The third-order valence-electron chi connectivity index (χ3n) is 15.2. The van der Waals surface area contributed by atoms with Gasteiger partial charge < -0.3 is 23.0 Å². The van der Waals surface area contributed by atoms with Gasteiger partial charge in [0.15, 0.2) is 0 Å². The van der Waals surface area contributed by atoms with Gasteiger partial charge in [0.1, 0.15) is 5.82 Å². The molecule has 0 N–H and O–H groups in total. The molecule has 8 heteroatoms. The Bertz CT molecular complexity index is 4830. The molecular weight excluding hydrogens is 1140 g/mol. The van der Waals surface area contributed by atoms with Crippen LogP contribution in [0.3, 0.4) is 0 Å². The molecule has 0 unspecified atom stereocenters. The summed E-state index contributed by atoms with van der Waals surface area (Å²) in [6, 6.07) is 88.9. The van der Waals surface area contributed by atoms with Gasteiger partial charge in [0, 0.05) is 77.2 Å². The molecule has 0 saturated carbocycles. The minimum Gasteiger partial charge on any atom is -0.510 e. The smallest absolute Gasteiger partial charge is 0.268 e. The van der Waals surface area contributed by atoms with Crippen molar-refractivity contribution in [3.8, 4) is 51.2 Å². The number of nitrogens with zero attached hydrogens (tertiary/aromatic N) is 6. The van der Waals surface area contributed by atoms with Gasteiger partial charge >= 0.3 is 0 Å². The summed E-state index contributed by atoms with van der Waals surface area (Å²) in [5.41, 5.74) is 16.0. The van der Waals surface area contributed by atoms with Crippen LogP contribution in [0.25, 0.3) is 116 Å². The van der Waals surface area contributed by atoms with E-state index in [1.54, 1.807) is 0 Å². The second-order valence-electron chi connectivity index (χ2n) is 20.8. The quantitative estimate of drug-likeness (QED) is 0.112. The summed E-state index contributed by atoms with van der Waals surface area (Å²) in [6.07, 6.45) is 5.68. The summed E-state index contributed by atoms with van der Waals surface area (Å²) in [4.78, 5) is 5.02. The van der Waals surface area contributed by atoms with Crippen molar-refractivity contribution in [2.45, 2.75) is 26.2 Å². The maximum atomic E-state index is 6.81. The van der Waals surface area contributed by atoms with E-state index in [1.165, 1.54) is 43.7 Å². The molecule has 10 aromatic carbocycles. The summed E-state index contributed by atoms with van der Waals surface area (Å²) in [7, 11) is 0. The first kappa shape index (κ1) is 47.2. The Hall–Kier alpha value is -9.29. The molecule has 0 aliphatic heterocycles. The van der Waals surface area contributed by atoms with Crippen LogP contribution in [0.5, 0.6) is 11.5 Å². The van der Waals surface area contributed by atoms with Gasteiger partial charge in [-0.3, -0.25) is 4.57 Å². The minimum absolute atomic E-state index is 0. The monoisotopic (exact) mass is 1180 g/mol. The van der Waals surface area contributed by atoms with E-state index in [4.69, 9.17) is 9.72 Å². The molecule has 0 fully saturated rings. The van der Waals surface area contributed by atoms with Crippen LogP contribution in [-0.2, 0) is 26.5 Å². The van der Waals surface area contributed by atoms with Crippen LogP contribution < -0.4 is 9.30 Å². The third kappa shape index (κ3) is 7.52.